The first-order chi connectivity index (χ1) is 14.0. The molecule has 0 unspecified atom stereocenters. The zero-order valence-electron chi connectivity index (χ0n) is 16.2. The van der Waals surface area contributed by atoms with Gasteiger partial charge in [-0.15, -0.1) is 0 Å². The fourth-order valence-electron chi connectivity index (χ4n) is 3.26. The van der Waals surface area contributed by atoms with Crippen LogP contribution in [0.4, 0.5) is 11.4 Å². The molecule has 0 aliphatic rings. The Morgan fingerprint density at radius 3 is 2.00 bits per heavy atom. The molecule has 5 nitrogen and oxygen atoms in total. The maximum absolute atomic E-state index is 12.8. The molecule has 144 valence electrons. The van der Waals surface area contributed by atoms with Crippen molar-refractivity contribution in [1.29, 1.82) is 0 Å². The van der Waals surface area contributed by atoms with Gasteiger partial charge in [-0.2, -0.15) is 0 Å². The number of hydrogen-bond acceptors (Lipinski definition) is 3. The number of amides is 2. The number of para-hydroxylation sites is 1. The van der Waals surface area contributed by atoms with E-state index in [-0.39, 0.29) is 17.6 Å². The SMILES string of the molecule is Cc1c(NC(=O)c2ccccc2)cccc1NC(=O)c1oc2ccccc2c1C. The summed E-state index contributed by atoms with van der Waals surface area (Å²) < 4.78 is 5.74. The van der Waals surface area contributed by atoms with Gasteiger partial charge in [0.2, 0.25) is 0 Å². The largest absolute Gasteiger partial charge is 0.451 e. The van der Waals surface area contributed by atoms with Crippen LogP contribution in [-0.2, 0) is 0 Å². The number of carbonyl (C=O) groups excluding carboxylic acids is 2. The van der Waals surface area contributed by atoms with Gasteiger partial charge >= 0.3 is 0 Å². The summed E-state index contributed by atoms with van der Waals surface area (Å²) in [6.07, 6.45) is 0. The molecular weight excluding hydrogens is 364 g/mol. The van der Waals surface area contributed by atoms with Crippen LogP contribution >= 0.6 is 0 Å². The molecule has 2 N–H and O–H groups in total. The molecule has 29 heavy (non-hydrogen) atoms. The quantitative estimate of drug-likeness (QED) is 0.484. The highest BCUT2D eigenvalue weighted by atomic mass is 16.3. The number of furan rings is 1. The molecule has 0 saturated heterocycles. The molecule has 1 aromatic heterocycles. The predicted molar refractivity (Wildman–Crippen MR) is 114 cm³/mol. The normalized spacial score (nSPS) is 10.7. The van der Waals surface area contributed by atoms with E-state index in [1.54, 1.807) is 30.3 Å². The van der Waals surface area contributed by atoms with Gasteiger partial charge < -0.3 is 15.1 Å². The van der Waals surface area contributed by atoms with Crippen molar-refractivity contribution in [2.45, 2.75) is 13.8 Å². The predicted octanol–water partition coefficient (Wildman–Crippen LogP) is 5.55. The van der Waals surface area contributed by atoms with Crippen LogP contribution in [0.3, 0.4) is 0 Å². The van der Waals surface area contributed by atoms with Crippen molar-refractivity contribution in [3.8, 4) is 0 Å². The van der Waals surface area contributed by atoms with Crippen LogP contribution in [0.2, 0.25) is 0 Å². The number of anilines is 2. The van der Waals surface area contributed by atoms with Crippen LogP contribution in [0.5, 0.6) is 0 Å². The zero-order chi connectivity index (χ0) is 20.4. The summed E-state index contributed by atoms with van der Waals surface area (Å²) in [6, 6.07) is 21.9. The van der Waals surface area contributed by atoms with Gasteiger partial charge in [0.15, 0.2) is 5.76 Å². The Morgan fingerprint density at radius 2 is 1.31 bits per heavy atom. The summed E-state index contributed by atoms with van der Waals surface area (Å²) in [4.78, 5) is 25.3. The van der Waals surface area contributed by atoms with Crippen molar-refractivity contribution < 1.29 is 14.0 Å². The average molecular weight is 384 g/mol. The van der Waals surface area contributed by atoms with Crippen LogP contribution in [0.1, 0.15) is 32.0 Å². The number of hydrogen-bond donors (Lipinski definition) is 2. The summed E-state index contributed by atoms with van der Waals surface area (Å²) in [5.74, 6) is -0.247. The van der Waals surface area contributed by atoms with Crippen molar-refractivity contribution in [2.24, 2.45) is 0 Å². The summed E-state index contributed by atoms with van der Waals surface area (Å²) >= 11 is 0. The summed E-state index contributed by atoms with van der Waals surface area (Å²) in [6.45, 7) is 3.71. The molecule has 0 aliphatic heterocycles. The highest BCUT2D eigenvalue weighted by Gasteiger charge is 2.19. The minimum atomic E-state index is -0.326. The summed E-state index contributed by atoms with van der Waals surface area (Å²) in [5, 5.41) is 6.71. The smallest absolute Gasteiger partial charge is 0.291 e. The first-order valence-corrected chi connectivity index (χ1v) is 9.30. The fourth-order valence-corrected chi connectivity index (χ4v) is 3.26. The maximum Gasteiger partial charge on any atom is 0.291 e. The van der Waals surface area contributed by atoms with Crippen molar-refractivity contribution >= 4 is 34.2 Å². The zero-order valence-corrected chi connectivity index (χ0v) is 16.2. The standard InChI is InChI=1S/C24H20N2O3/c1-15-18-11-6-7-14-21(18)29-22(15)24(28)26-20-13-8-12-19(16(20)2)25-23(27)17-9-4-3-5-10-17/h3-14H,1-2H3,(H,25,27)(H,26,28). The third-order valence-corrected chi connectivity index (χ3v) is 4.92. The number of nitrogens with one attached hydrogen (secondary N) is 2. The van der Waals surface area contributed by atoms with E-state index >= 15 is 0 Å². The Balaban J connectivity index is 1.57. The molecule has 0 fully saturated rings. The number of benzene rings is 3. The maximum atomic E-state index is 12.8. The van der Waals surface area contributed by atoms with E-state index < -0.39 is 0 Å². The number of aryl methyl sites for hydroxylation is 1. The Labute approximate surface area is 168 Å². The van der Waals surface area contributed by atoms with E-state index in [9.17, 15) is 9.59 Å². The van der Waals surface area contributed by atoms with E-state index in [0.717, 1.165) is 16.5 Å². The lowest BCUT2D eigenvalue weighted by Gasteiger charge is -2.13. The topological polar surface area (TPSA) is 71.3 Å². The Hall–Kier alpha value is -3.86. The number of fused-ring (bicyclic) bond motifs is 1. The molecule has 4 aromatic rings. The molecule has 3 aromatic carbocycles. The average Bonchev–Trinajstić information content (AvgIpc) is 3.08. The van der Waals surface area contributed by atoms with Gasteiger partial charge in [-0.3, -0.25) is 9.59 Å². The lowest BCUT2D eigenvalue weighted by atomic mass is 10.1. The second-order valence-electron chi connectivity index (χ2n) is 6.80. The highest BCUT2D eigenvalue weighted by molar-refractivity contribution is 6.08. The van der Waals surface area contributed by atoms with Crippen LogP contribution in [-0.4, -0.2) is 11.8 Å². The van der Waals surface area contributed by atoms with Crippen molar-refractivity contribution in [3.63, 3.8) is 0 Å². The Morgan fingerprint density at radius 1 is 0.690 bits per heavy atom. The highest BCUT2D eigenvalue weighted by Crippen LogP contribution is 2.28. The summed E-state index contributed by atoms with van der Waals surface area (Å²) in [5.41, 5.74) is 4.05. The first kappa shape index (κ1) is 18.5. The molecule has 1 heterocycles. The van der Waals surface area contributed by atoms with Crippen LogP contribution in [0.15, 0.2) is 77.2 Å². The first-order valence-electron chi connectivity index (χ1n) is 9.30. The van der Waals surface area contributed by atoms with Gasteiger partial charge in [0, 0.05) is 27.9 Å². The molecule has 2 amide bonds. The molecule has 0 saturated carbocycles. The van der Waals surface area contributed by atoms with Gasteiger partial charge in [0.1, 0.15) is 5.58 Å². The third kappa shape index (κ3) is 3.62. The third-order valence-electron chi connectivity index (χ3n) is 4.92. The monoisotopic (exact) mass is 384 g/mol. The molecule has 4 rings (SSSR count). The van der Waals surface area contributed by atoms with E-state index in [1.165, 1.54) is 0 Å². The van der Waals surface area contributed by atoms with Crippen molar-refractivity contribution in [3.05, 3.63) is 95.2 Å². The van der Waals surface area contributed by atoms with Crippen molar-refractivity contribution in [2.75, 3.05) is 10.6 Å². The van der Waals surface area contributed by atoms with Gasteiger partial charge in [-0.25, -0.2) is 0 Å². The molecule has 0 aliphatic carbocycles. The van der Waals surface area contributed by atoms with Crippen LogP contribution in [0.25, 0.3) is 11.0 Å². The van der Waals surface area contributed by atoms with E-state index in [4.69, 9.17) is 4.42 Å². The Bertz CT molecular complexity index is 1210. The second kappa shape index (κ2) is 7.64. The fraction of sp³-hybridized carbons (Fsp3) is 0.0833. The molecule has 0 spiro atoms. The molecular formula is C24H20N2O3. The number of rotatable bonds is 4. The van der Waals surface area contributed by atoms with E-state index in [1.807, 2.05) is 56.3 Å². The van der Waals surface area contributed by atoms with E-state index in [2.05, 4.69) is 10.6 Å². The molecule has 0 bridgehead atoms. The van der Waals surface area contributed by atoms with Crippen molar-refractivity contribution in [1.82, 2.24) is 0 Å². The van der Waals surface area contributed by atoms with Gasteiger partial charge in [-0.05, 0) is 49.7 Å². The van der Waals surface area contributed by atoms with Gasteiger partial charge in [0.25, 0.3) is 11.8 Å². The van der Waals surface area contributed by atoms with Crippen LogP contribution < -0.4 is 10.6 Å². The lowest BCUT2D eigenvalue weighted by Crippen LogP contribution is -2.16. The van der Waals surface area contributed by atoms with Gasteiger partial charge in [0.05, 0.1) is 0 Å². The molecule has 0 radical (unpaired) electrons. The number of carbonyl (C=O) groups is 2. The minimum Gasteiger partial charge on any atom is -0.451 e. The van der Waals surface area contributed by atoms with E-state index in [0.29, 0.717) is 22.5 Å². The Kier molecular flexibility index (Phi) is 4.87. The lowest BCUT2D eigenvalue weighted by molar-refractivity contribution is 0.0996. The molecule has 5 heteroatoms. The second-order valence-corrected chi connectivity index (χ2v) is 6.80. The summed E-state index contributed by atoms with van der Waals surface area (Å²) in [7, 11) is 0. The minimum absolute atomic E-state index is 0.203. The van der Waals surface area contributed by atoms with Gasteiger partial charge in [-0.1, -0.05) is 42.5 Å². The van der Waals surface area contributed by atoms with Crippen LogP contribution in [0, 0.1) is 13.8 Å². The molecule has 0 atom stereocenters.